The van der Waals surface area contributed by atoms with Crippen LogP contribution < -0.4 is 5.32 Å². The highest BCUT2D eigenvalue weighted by molar-refractivity contribution is 6.02. The van der Waals surface area contributed by atoms with Gasteiger partial charge in [0.25, 0.3) is 5.91 Å². The zero-order valence-corrected chi connectivity index (χ0v) is 16.7. The Hall–Kier alpha value is -3.73. The maximum atomic E-state index is 12.9. The lowest BCUT2D eigenvalue weighted by molar-refractivity contribution is 0.101. The molecule has 1 N–H and O–H groups in total. The first-order valence-corrected chi connectivity index (χ1v) is 9.50. The van der Waals surface area contributed by atoms with Crippen molar-refractivity contribution >= 4 is 11.6 Å². The van der Waals surface area contributed by atoms with Crippen molar-refractivity contribution < 1.29 is 4.79 Å². The van der Waals surface area contributed by atoms with E-state index in [1.165, 1.54) is 5.56 Å². The molecule has 0 aliphatic carbocycles. The van der Waals surface area contributed by atoms with Gasteiger partial charge in [-0.25, -0.2) is 9.67 Å². The standard InChI is InChI=1S/C24H22N4O/c1-16-13-14-20(15-18(16)3)28-23(19-10-5-4-6-11-19)26-22(27-28)24(29)25-21-12-8-7-9-17(21)2/h4-15H,1-3H3,(H,25,29). The van der Waals surface area contributed by atoms with Crippen LogP contribution in [0.5, 0.6) is 0 Å². The third kappa shape index (κ3) is 3.80. The Bertz CT molecular complexity index is 1180. The Labute approximate surface area is 170 Å². The first-order valence-electron chi connectivity index (χ1n) is 9.50. The fourth-order valence-corrected chi connectivity index (χ4v) is 3.11. The van der Waals surface area contributed by atoms with E-state index in [0.29, 0.717) is 5.82 Å². The lowest BCUT2D eigenvalue weighted by atomic mass is 10.1. The second kappa shape index (κ2) is 7.72. The van der Waals surface area contributed by atoms with E-state index in [1.54, 1.807) is 4.68 Å². The summed E-state index contributed by atoms with van der Waals surface area (Å²) in [4.78, 5) is 17.4. The van der Waals surface area contributed by atoms with Crippen molar-refractivity contribution in [2.45, 2.75) is 20.8 Å². The van der Waals surface area contributed by atoms with E-state index in [2.05, 4.69) is 35.3 Å². The molecule has 1 amide bonds. The highest BCUT2D eigenvalue weighted by Gasteiger charge is 2.19. The van der Waals surface area contributed by atoms with Crippen LogP contribution in [0.3, 0.4) is 0 Å². The molecular weight excluding hydrogens is 360 g/mol. The minimum absolute atomic E-state index is 0.130. The smallest absolute Gasteiger partial charge is 0.295 e. The summed E-state index contributed by atoms with van der Waals surface area (Å²) in [5.74, 6) is 0.424. The summed E-state index contributed by atoms with van der Waals surface area (Å²) in [5, 5.41) is 7.46. The lowest BCUT2D eigenvalue weighted by Crippen LogP contribution is -2.15. The van der Waals surface area contributed by atoms with E-state index in [-0.39, 0.29) is 11.7 Å². The second-order valence-corrected chi connectivity index (χ2v) is 7.07. The molecule has 0 aliphatic heterocycles. The van der Waals surface area contributed by atoms with Gasteiger partial charge in [-0.2, -0.15) is 0 Å². The van der Waals surface area contributed by atoms with Gasteiger partial charge in [-0.05, 0) is 55.7 Å². The highest BCUT2D eigenvalue weighted by atomic mass is 16.2. The van der Waals surface area contributed by atoms with E-state index in [1.807, 2.05) is 73.7 Å². The predicted molar refractivity (Wildman–Crippen MR) is 115 cm³/mol. The predicted octanol–water partition coefficient (Wildman–Crippen LogP) is 5.11. The molecule has 0 unspecified atom stereocenters. The van der Waals surface area contributed by atoms with Crippen molar-refractivity contribution in [2.24, 2.45) is 0 Å². The molecule has 4 aromatic rings. The highest BCUT2D eigenvalue weighted by Crippen LogP contribution is 2.23. The van der Waals surface area contributed by atoms with Crippen LogP contribution in [0.1, 0.15) is 27.3 Å². The van der Waals surface area contributed by atoms with Crippen LogP contribution in [0.15, 0.2) is 72.8 Å². The van der Waals surface area contributed by atoms with Gasteiger partial charge in [-0.15, -0.1) is 5.10 Å². The summed E-state index contributed by atoms with van der Waals surface area (Å²) in [7, 11) is 0. The number of hydrogen-bond donors (Lipinski definition) is 1. The molecule has 0 atom stereocenters. The number of para-hydroxylation sites is 1. The number of carbonyl (C=O) groups is 1. The van der Waals surface area contributed by atoms with Gasteiger partial charge in [-0.3, -0.25) is 4.79 Å². The fourth-order valence-electron chi connectivity index (χ4n) is 3.11. The average molecular weight is 382 g/mol. The minimum atomic E-state index is -0.334. The lowest BCUT2D eigenvalue weighted by Gasteiger charge is -2.08. The number of nitrogens with zero attached hydrogens (tertiary/aromatic N) is 3. The summed E-state index contributed by atoms with van der Waals surface area (Å²) in [6.07, 6.45) is 0. The number of amides is 1. The molecule has 0 bridgehead atoms. The van der Waals surface area contributed by atoms with Gasteiger partial charge in [0.2, 0.25) is 5.82 Å². The number of rotatable bonds is 4. The number of aromatic nitrogens is 3. The van der Waals surface area contributed by atoms with Crippen molar-refractivity contribution in [3.63, 3.8) is 0 Å². The molecule has 144 valence electrons. The van der Waals surface area contributed by atoms with E-state index in [0.717, 1.165) is 28.1 Å². The normalized spacial score (nSPS) is 10.7. The van der Waals surface area contributed by atoms with Crippen LogP contribution in [-0.2, 0) is 0 Å². The van der Waals surface area contributed by atoms with Crippen LogP contribution in [0.2, 0.25) is 0 Å². The molecule has 1 heterocycles. The van der Waals surface area contributed by atoms with Crippen molar-refractivity contribution in [1.82, 2.24) is 14.8 Å². The number of benzene rings is 3. The van der Waals surface area contributed by atoms with E-state index >= 15 is 0 Å². The Morgan fingerprint density at radius 3 is 2.28 bits per heavy atom. The first kappa shape index (κ1) is 18.6. The molecule has 5 heteroatoms. The van der Waals surface area contributed by atoms with E-state index < -0.39 is 0 Å². The van der Waals surface area contributed by atoms with Crippen LogP contribution in [0.25, 0.3) is 17.1 Å². The fraction of sp³-hybridized carbons (Fsp3) is 0.125. The number of hydrogen-bond acceptors (Lipinski definition) is 3. The quantitative estimate of drug-likeness (QED) is 0.533. The van der Waals surface area contributed by atoms with Gasteiger partial charge < -0.3 is 5.32 Å². The van der Waals surface area contributed by atoms with Gasteiger partial charge in [0.15, 0.2) is 5.82 Å². The number of nitrogens with one attached hydrogen (secondary N) is 1. The molecule has 29 heavy (non-hydrogen) atoms. The van der Waals surface area contributed by atoms with Crippen molar-refractivity contribution in [2.75, 3.05) is 5.32 Å². The number of aryl methyl sites for hydroxylation is 3. The maximum absolute atomic E-state index is 12.9. The van der Waals surface area contributed by atoms with Gasteiger partial charge in [-0.1, -0.05) is 54.6 Å². The Morgan fingerprint density at radius 1 is 0.828 bits per heavy atom. The molecule has 0 aliphatic rings. The monoisotopic (exact) mass is 382 g/mol. The Balaban J connectivity index is 1.78. The molecule has 0 radical (unpaired) electrons. The molecular formula is C24H22N4O. The van der Waals surface area contributed by atoms with Gasteiger partial charge >= 0.3 is 0 Å². The minimum Gasteiger partial charge on any atom is -0.319 e. The summed E-state index contributed by atoms with van der Waals surface area (Å²) in [5.41, 5.74) is 5.86. The number of carbonyl (C=O) groups excluding carboxylic acids is 1. The second-order valence-electron chi connectivity index (χ2n) is 7.07. The summed E-state index contributed by atoms with van der Waals surface area (Å²) in [6, 6.07) is 23.5. The molecule has 0 spiro atoms. The zero-order chi connectivity index (χ0) is 20.4. The SMILES string of the molecule is Cc1ccc(-n2nc(C(=O)Nc3ccccc3C)nc2-c2ccccc2)cc1C. The van der Waals surface area contributed by atoms with Gasteiger partial charge in [0.1, 0.15) is 0 Å². The van der Waals surface area contributed by atoms with Gasteiger partial charge in [0, 0.05) is 11.3 Å². The summed E-state index contributed by atoms with van der Waals surface area (Å²) in [6.45, 7) is 6.08. The maximum Gasteiger partial charge on any atom is 0.295 e. The molecule has 0 saturated carbocycles. The van der Waals surface area contributed by atoms with Crippen molar-refractivity contribution in [3.8, 4) is 17.1 Å². The van der Waals surface area contributed by atoms with E-state index in [4.69, 9.17) is 0 Å². The van der Waals surface area contributed by atoms with Crippen LogP contribution in [0.4, 0.5) is 5.69 Å². The van der Waals surface area contributed by atoms with Crippen LogP contribution in [-0.4, -0.2) is 20.7 Å². The Morgan fingerprint density at radius 2 is 1.55 bits per heavy atom. The van der Waals surface area contributed by atoms with Crippen molar-refractivity contribution in [3.05, 3.63) is 95.3 Å². The topological polar surface area (TPSA) is 59.8 Å². The third-order valence-corrected chi connectivity index (χ3v) is 4.97. The summed E-state index contributed by atoms with van der Waals surface area (Å²) < 4.78 is 1.73. The largest absolute Gasteiger partial charge is 0.319 e. The summed E-state index contributed by atoms with van der Waals surface area (Å²) >= 11 is 0. The van der Waals surface area contributed by atoms with Gasteiger partial charge in [0.05, 0.1) is 5.69 Å². The molecule has 0 saturated heterocycles. The molecule has 3 aromatic carbocycles. The number of anilines is 1. The first-order chi connectivity index (χ1) is 14.0. The molecule has 4 rings (SSSR count). The van der Waals surface area contributed by atoms with E-state index in [9.17, 15) is 4.79 Å². The third-order valence-electron chi connectivity index (χ3n) is 4.97. The molecule has 0 fully saturated rings. The van der Waals surface area contributed by atoms with Crippen LogP contribution in [0, 0.1) is 20.8 Å². The molecule has 5 nitrogen and oxygen atoms in total. The van der Waals surface area contributed by atoms with Crippen LogP contribution >= 0.6 is 0 Å². The Kier molecular flexibility index (Phi) is 4.96. The zero-order valence-electron chi connectivity index (χ0n) is 16.7. The molecule has 1 aromatic heterocycles. The van der Waals surface area contributed by atoms with Crippen molar-refractivity contribution in [1.29, 1.82) is 0 Å². The average Bonchev–Trinajstić information content (AvgIpc) is 3.18.